The highest BCUT2D eigenvalue weighted by Crippen LogP contribution is 2.30. The zero-order chi connectivity index (χ0) is 15.0. The minimum atomic E-state index is 0.262. The van der Waals surface area contributed by atoms with E-state index in [0.29, 0.717) is 6.54 Å². The fourth-order valence-electron chi connectivity index (χ4n) is 2.73. The SMILES string of the molecule is Cc1ccc(-c2nc3c(C)cccn3c2C(C)CN)cc1. The third-order valence-electron chi connectivity index (χ3n) is 4.03. The Bertz CT molecular complexity index is 769. The van der Waals surface area contributed by atoms with Crippen LogP contribution in [0.25, 0.3) is 16.9 Å². The van der Waals surface area contributed by atoms with Crippen molar-refractivity contribution in [3.8, 4) is 11.3 Å². The number of imidazole rings is 1. The first-order valence-corrected chi connectivity index (χ1v) is 7.36. The Labute approximate surface area is 125 Å². The summed E-state index contributed by atoms with van der Waals surface area (Å²) >= 11 is 0. The lowest BCUT2D eigenvalue weighted by atomic mass is 10.0. The van der Waals surface area contributed by atoms with Crippen LogP contribution in [0.15, 0.2) is 42.6 Å². The fourth-order valence-corrected chi connectivity index (χ4v) is 2.73. The van der Waals surface area contributed by atoms with Crippen LogP contribution in [0.4, 0.5) is 0 Å². The molecule has 3 nitrogen and oxygen atoms in total. The first-order chi connectivity index (χ1) is 10.1. The van der Waals surface area contributed by atoms with Crippen LogP contribution in [0.1, 0.15) is 29.7 Å². The largest absolute Gasteiger partial charge is 0.330 e. The van der Waals surface area contributed by atoms with E-state index in [1.807, 2.05) is 0 Å². The molecule has 0 bridgehead atoms. The van der Waals surface area contributed by atoms with Gasteiger partial charge in [-0.1, -0.05) is 42.8 Å². The average molecular weight is 279 g/mol. The fraction of sp³-hybridized carbons (Fsp3) is 0.278. The quantitative estimate of drug-likeness (QED) is 0.794. The first-order valence-electron chi connectivity index (χ1n) is 7.36. The Hall–Kier alpha value is -2.13. The third-order valence-corrected chi connectivity index (χ3v) is 4.03. The maximum absolute atomic E-state index is 5.92. The average Bonchev–Trinajstić information content (AvgIpc) is 2.88. The summed E-state index contributed by atoms with van der Waals surface area (Å²) in [4.78, 5) is 4.89. The molecule has 0 saturated heterocycles. The summed E-state index contributed by atoms with van der Waals surface area (Å²) in [5.41, 5.74) is 12.8. The van der Waals surface area contributed by atoms with Gasteiger partial charge in [0.2, 0.25) is 0 Å². The number of aryl methyl sites for hydroxylation is 2. The van der Waals surface area contributed by atoms with Crippen LogP contribution in [0.5, 0.6) is 0 Å². The molecule has 0 radical (unpaired) electrons. The highest BCUT2D eigenvalue weighted by Gasteiger charge is 2.19. The molecule has 2 aromatic heterocycles. The van der Waals surface area contributed by atoms with Crippen molar-refractivity contribution in [1.29, 1.82) is 0 Å². The number of pyridine rings is 1. The van der Waals surface area contributed by atoms with Gasteiger partial charge < -0.3 is 10.1 Å². The van der Waals surface area contributed by atoms with Gasteiger partial charge in [-0.05, 0) is 25.5 Å². The van der Waals surface area contributed by atoms with Gasteiger partial charge in [-0.2, -0.15) is 0 Å². The molecule has 0 aliphatic carbocycles. The molecule has 0 fully saturated rings. The van der Waals surface area contributed by atoms with Crippen molar-refractivity contribution in [2.45, 2.75) is 26.7 Å². The van der Waals surface area contributed by atoms with Crippen LogP contribution >= 0.6 is 0 Å². The first kappa shape index (κ1) is 13.8. The zero-order valence-corrected chi connectivity index (χ0v) is 12.8. The Morgan fingerprint density at radius 3 is 2.52 bits per heavy atom. The Morgan fingerprint density at radius 2 is 1.86 bits per heavy atom. The molecule has 2 N–H and O–H groups in total. The van der Waals surface area contributed by atoms with Crippen molar-refractivity contribution in [3.05, 3.63) is 59.4 Å². The number of aromatic nitrogens is 2. The molecule has 1 atom stereocenters. The lowest BCUT2D eigenvalue weighted by Crippen LogP contribution is -2.12. The molecule has 1 aromatic carbocycles. The second-order valence-electron chi connectivity index (χ2n) is 5.73. The van der Waals surface area contributed by atoms with Crippen molar-refractivity contribution in [2.24, 2.45) is 5.73 Å². The van der Waals surface area contributed by atoms with Gasteiger partial charge >= 0.3 is 0 Å². The molecule has 2 heterocycles. The molecule has 1 unspecified atom stereocenters. The Morgan fingerprint density at radius 1 is 1.14 bits per heavy atom. The standard InChI is InChI=1S/C18H21N3/c1-12-6-8-15(9-7-12)16-17(14(3)11-19)21-10-4-5-13(2)18(21)20-16/h4-10,14H,11,19H2,1-3H3. The van der Waals surface area contributed by atoms with Gasteiger partial charge in [0.25, 0.3) is 0 Å². The van der Waals surface area contributed by atoms with Gasteiger partial charge in [0, 0.05) is 24.2 Å². The van der Waals surface area contributed by atoms with Gasteiger partial charge in [-0.25, -0.2) is 4.98 Å². The highest BCUT2D eigenvalue weighted by atomic mass is 15.0. The lowest BCUT2D eigenvalue weighted by molar-refractivity contribution is 0.738. The van der Waals surface area contributed by atoms with E-state index in [0.717, 1.165) is 16.9 Å². The van der Waals surface area contributed by atoms with Crippen LogP contribution in [0.3, 0.4) is 0 Å². The number of hydrogen-bond acceptors (Lipinski definition) is 2. The summed E-state index contributed by atoms with van der Waals surface area (Å²) in [6.07, 6.45) is 2.08. The monoisotopic (exact) mass is 279 g/mol. The van der Waals surface area contributed by atoms with E-state index in [4.69, 9.17) is 10.7 Å². The van der Waals surface area contributed by atoms with E-state index in [1.54, 1.807) is 0 Å². The summed E-state index contributed by atoms with van der Waals surface area (Å²) in [6.45, 7) is 6.96. The summed E-state index contributed by atoms with van der Waals surface area (Å²) in [6, 6.07) is 12.7. The molecule has 0 aliphatic rings. The van der Waals surface area contributed by atoms with E-state index >= 15 is 0 Å². The zero-order valence-electron chi connectivity index (χ0n) is 12.8. The molecule has 3 aromatic rings. The molecule has 0 spiro atoms. The van der Waals surface area contributed by atoms with Crippen LogP contribution < -0.4 is 5.73 Å². The number of hydrogen-bond donors (Lipinski definition) is 1. The third kappa shape index (κ3) is 2.34. The van der Waals surface area contributed by atoms with Crippen LogP contribution in [0, 0.1) is 13.8 Å². The number of nitrogens with two attached hydrogens (primary N) is 1. The molecular weight excluding hydrogens is 258 g/mol. The Kier molecular flexibility index (Phi) is 3.52. The van der Waals surface area contributed by atoms with E-state index in [9.17, 15) is 0 Å². The van der Waals surface area contributed by atoms with Crippen molar-refractivity contribution >= 4 is 5.65 Å². The van der Waals surface area contributed by atoms with Gasteiger partial charge in [0.15, 0.2) is 0 Å². The molecule has 0 amide bonds. The molecule has 108 valence electrons. The molecule has 3 rings (SSSR count). The van der Waals surface area contributed by atoms with Crippen molar-refractivity contribution in [2.75, 3.05) is 6.54 Å². The van der Waals surface area contributed by atoms with Crippen molar-refractivity contribution in [1.82, 2.24) is 9.38 Å². The summed E-state index contributed by atoms with van der Waals surface area (Å²) in [5.74, 6) is 0.262. The number of benzene rings is 1. The number of rotatable bonds is 3. The minimum Gasteiger partial charge on any atom is -0.330 e. The molecular formula is C18H21N3. The maximum Gasteiger partial charge on any atom is 0.140 e. The lowest BCUT2D eigenvalue weighted by Gasteiger charge is -2.11. The van der Waals surface area contributed by atoms with Gasteiger partial charge in [-0.3, -0.25) is 0 Å². The van der Waals surface area contributed by atoms with E-state index in [2.05, 4.69) is 67.8 Å². The Balaban J connectivity index is 2.30. The predicted octanol–water partition coefficient (Wildman–Crippen LogP) is 3.68. The summed E-state index contributed by atoms with van der Waals surface area (Å²) in [7, 11) is 0. The van der Waals surface area contributed by atoms with Crippen LogP contribution in [-0.4, -0.2) is 15.9 Å². The van der Waals surface area contributed by atoms with E-state index in [1.165, 1.54) is 16.8 Å². The van der Waals surface area contributed by atoms with E-state index in [-0.39, 0.29) is 5.92 Å². The van der Waals surface area contributed by atoms with Crippen molar-refractivity contribution in [3.63, 3.8) is 0 Å². The van der Waals surface area contributed by atoms with E-state index < -0.39 is 0 Å². The van der Waals surface area contributed by atoms with Gasteiger partial charge in [0.05, 0.1) is 11.4 Å². The molecule has 0 saturated carbocycles. The van der Waals surface area contributed by atoms with Gasteiger partial charge in [0.1, 0.15) is 5.65 Å². The van der Waals surface area contributed by atoms with Gasteiger partial charge in [-0.15, -0.1) is 0 Å². The van der Waals surface area contributed by atoms with Crippen LogP contribution in [-0.2, 0) is 0 Å². The summed E-state index contributed by atoms with van der Waals surface area (Å²) < 4.78 is 2.18. The second-order valence-corrected chi connectivity index (χ2v) is 5.73. The smallest absolute Gasteiger partial charge is 0.140 e. The molecule has 3 heteroatoms. The number of fused-ring (bicyclic) bond motifs is 1. The topological polar surface area (TPSA) is 43.3 Å². The molecule has 0 aliphatic heterocycles. The van der Waals surface area contributed by atoms with Crippen molar-refractivity contribution < 1.29 is 0 Å². The molecule has 21 heavy (non-hydrogen) atoms. The second kappa shape index (κ2) is 5.34. The number of nitrogens with zero attached hydrogens (tertiary/aromatic N) is 2. The summed E-state index contributed by atoms with van der Waals surface area (Å²) in [5, 5.41) is 0. The maximum atomic E-state index is 5.92. The minimum absolute atomic E-state index is 0.262. The highest BCUT2D eigenvalue weighted by molar-refractivity contribution is 5.68. The van der Waals surface area contributed by atoms with Crippen LogP contribution in [0.2, 0.25) is 0 Å². The predicted molar refractivity (Wildman–Crippen MR) is 87.6 cm³/mol. The normalized spacial score (nSPS) is 12.8.